The van der Waals surface area contributed by atoms with Gasteiger partial charge in [0.15, 0.2) is 0 Å². The van der Waals surface area contributed by atoms with E-state index in [0.29, 0.717) is 10.9 Å². The predicted molar refractivity (Wildman–Crippen MR) is 79.8 cm³/mol. The number of aromatic hydroxyl groups is 1. The number of halogens is 1. The van der Waals surface area contributed by atoms with Crippen molar-refractivity contribution in [1.29, 1.82) is 0 Å². The average Bonchev–Trinajstić information content (AvgIpc) is 2.44. The first-order chi connectivity index (χ1) is 9.15. The van der Waals surface area contributed by atoms with Gasteiger partial charge in [0.1, 0.15) is 5.75 Å². The number of benzene rings is 1. The van der Waals surface area contributed by atoms with Gasteiger partial charge < -0.3 is 10.4 Å². The van der Waals surface area contributed by atoms with E-state index in [2.05, 4.69) is 24.1 Å². The molecule has 1 heterocycles. The molecule has 1 aliphatic heterocycles. The maximum absolute atomic E-state index is 10.3. The molecule has 3 nitrogen and oxygen atoms in total. The zero-order valence-electron chi connectivity index (χ0n) is 11.7. The summed E-state index contributed by atoms with van der Waals surface area (Å²) in [7, 11) is 0. The van der Waals surface area contributed by atoms with Crippen LogP contribution in [0.2, 0.25) is 5.02 Å². The highest BCUT2D eigenvalue weighted by atomic mass is 35.5. The number of hydrogen-bond donors (Lipinski definition) is 2. The molecule has 4 heteroatoms. The van der Waals surface area contributed by atoms with Gasteiger partial charge in [0.2, 0.25) is 0 Å². The Hall–Kier alpha value is -0.770. The van der Waals surface area contributed by atoms with Gasteiger partial charge in [-0.25, -0.2) is 0 Å². The van der Waals surface area contributed by atoms with E-state index in [1.165, 1.54) is 0 Å². The van der Waals surface area contributed by atoms with E-state index in [9.17, 15) is 5.11 Å². The zero-order valence-corrected chi connectivity index (χ0v) is 12.5. The number of phenolic OH excluding ortho intramolecular Hbond substituents is 1. The third-order valence-electron chi connectivity index (χ3n) is 4.06. The van der Waals surface area contributed by atoms with Crippen LogP contribution in [0.15, 0.2) is 18.2 Å². The normalized spacial score (nSPS) is 20.2. The quantitative estimate of drug-likeness (QED) is 0.891. The van der Waals surface area contributed by atoms with Gasteiger partial charge in [0, 0.05) is 37.8 Å². The molecule has 1 saturated heterocycles. The van der Waals surface area contributed by atoms with E-state index in [1.807, 2.05) is 12.1 Å². The standard InChI is InChI=1S/C15H23ClN2O/c1-3-11(2)14(18-9-7-17-8-10-18)12-5-4-6-13(16)15(12)19/h4-6,11,14,17,19H,3,7-10H2,1-2H3/t11?,14-/m1/s1. The van der Waals surface area contributed by atoms with Crippen LogP contribution >= 0.6 is 11.6 Å². The highest BCUT2D eigenvalue weighted by Crippen LogP contribution is 2.39. The molecule has 2 atom stereocenters. The van der Waals surface area contributed by atoms with Crippen molar-refractivity contribution in [2.24, 2.45) is 5.92 Å². The minimum absolute atomic E-state index is 0.241. The number of piperazine rings is 1. The molecule has 1 fully saturated rings. The van der Waals surface area contributed by atoms with Crippen LogP contribution in [0.3, 0.4) is 0 Å². The van der Waals surface area contributed by atoms with Gasteiger partial charge in [-0.3, -0.25) is 4.90 Å². The molecule has 0 bridgehead atoms. The summed E-state index contributed by atoms with van der Waals surface area (Å²) in [5.74, 6) is 0.732. The largest absolute Gasteiger partial charge is 0.506 e. The van der Waals surface area contributed by atoms with Gasteiger partial charge in [0.05, 0.1) is 5.02 Å². The minimum Gasteiger partial charge on any atom is -0.506 e. The van der Waals surface area contributed by atoms with Crippen LogP contribution in [-0.4, -0.2) is 36.2 Å². The second-order valence-electron chi connectivity index (χ2n) is 5.29. The van der Waals surface area contributed by atoms with E-state index in [4.69, 9.17) is 11.6 Å². The maximum Gasteiger partial charge on any atom is 0.138 e. The summed E-state index contributed by atoms with van der Waals surface area (Å²) in [6.45, 7) is 8.49. The summed E-state index contributed by atoms with van der Waals surface area (Å²) in [5.41, 5.74) is 0.962. The Labute approximate surface area is 120 Å². The van der Waals surface area contributed by atoms with Crippen LogP contribution in [0.5, 0.6) is 5.75 Å². The van der Waals surface area contributed by atoms with Gasteiger partial charge >= 0.3 is 0 Å². The Morgan fingerprint density at radius 2 is 2.05 bits per heavy atom. The van der Waals surface area contributed by atoms with Crippen molar-refractivity contribution in [2.75, 3.05) is 26.2 Å². The van der Waals surface area contributed by atoms with E-state index < -0.39 is 0 Å². The van der Waals surface area contributed by atoms with Crippen LogP contribution in [0.1, 0.15) is 31.9 Å². The van der Waals surface area contributed by atoms with Gasteiger partial charge in [-0.1, -0.05) is 44.0 Å². The Bertz CT molecular complexity index is 419. The monoisotopic (exact) mass is 282 g/mol. The molecule has 0 saturated carbocycles. The first kappa shape index (κ1) is 14.6. The smallest absolute Gasteiger partial charge is 0.138 e. The number of rotatable bonds is 4. The molecule has 19 heavy (non-hydrogen) atoms. The van der Waals surface area contributed by atoms with E-state index >= 15 is 0 Å². The van der Waals surface area contributed by atoms with Gasteiger partial charge in [-0.05, 0) is 12.0 Å². The summed E-state index contributed by atoms with van der Waals surface area (Å²) in [5, 5.41) is 14.1. The fourth-order valence-corrected chi connectivity index (χ4v) is 3.00. The Morgan fingerprint density at radius 3 is 2.68 bits per heavy atom. The van der Waals surface area contributed by atoms with Crippen LogP contribution < -0.4 is 5.32 Å². The topological polar surface area (TPSA) is 35.5 Å². The molecule has 1 aromatic carbocycles. The van der Waals surface area contributed by atoms with Crippen molar-refractivity contribution in [1.82, 2.24) is 10.2 Å². The number of hydrogen-bond acceptors (Lipinski definition) is 3. The Balaban J connectivity index is 2.33. The third kappa shape index (κ3) is 3.22. The molecule has 0 spiro atoms. The predicted octanol–water partition coefficient (Wildman–Crippen LogP) is 3.04. The van der Waals surface area contributed by atoms with Crippen molar-refractivity contribution < 1.29 is 5.11 Å². The first-order valence-electron chi connectivity index (χ1n) is 7.07. The molecule has 0 aromatic heterocycles. The van der Waals surface area contributed by atoms with Crippen molar-refractivity contribution >= 4 is 11.6 Å². The second kappa shape index (κ2) is 6.60. The molecule has 0 radical (unpaired) electrons. The van der Waals surface area contributed by atoms with Crippen molar-refractivity contribution in [3.63, 3.8) is 0 Å². The molecular weight excluding hydrogens is 260 g/mol. The molecule has 106 valence electrons. The molecule has 1 aromatic rings. The van der Waals surface area contributed by atoms with E-state index in [-0.39, 0.29) is 11.8 Å². The molecule has 0 aliphatic carbocycles. The lowest BCUT2D eigenvalue weighted by molar-refractivity contribution is 0.126. The van der Waals surface area contributed by atoms with Crippen molar-refractivity contribution in [2.45, 2.75) is 26.3 Å². The van der Waals surface area contributed by atoms with Crippen LogP contribution in [0, 0.1) is 5.92 Å². The lowest BCUT2D eigenvalue weighted by Crippen LogP contribution is -2.46. The number of para-hydroxylation sites is 1. The number of nitrogens with one attached hydrogen (secondary N) is 1. The average molecular weight is 283 g/mol. The van der Waals surface area contributed by atoms with Crippen LogP contribution in [-0.2, 0) is 0 Å². The van der Waals surface area contributed by atoms with E-state index in [1.54, 1.807) is 6.07 Å². The molecule has 0 amide bonds. The summed E-state index contributed by atoms with van der Waals surface area (Å²) in [6, 6.07) is 5.91. The summed E-state index contributed by atoms with van der Waals surface area (Å²) in [4.78, 5) is 2.45. The zero-order chi connectivity index (χ0) is 13.8. The Morgan fingerprint density at radius 1 is 1.37 bits per heavy atom. The van der Waals surface area contributed by atoms with Crippen LogP contribution in [0.4, 0.5) is 0 Å². The summed E-state index contributed by atoms with van der Waals surface area (Å²) >= 11 is 6.06. The number of nitrogens with zero attached hydrogens (tertiary/aromatic N) is 1. The molecule has 2 rings (SSSR count). The summed E-state index contributed by atoms with van der Waals surface area (Å²) in [6.07, 6.45) is 1.08. The van der Waals surface area contributed by atoms with Gasteiger partial charge in [-0.15, -0.1) is 0 Å². The van der Waals surface area contributed by atoms with Crippen molar-refractivity contribution in [3.05, 3.63) is 28.8 Å². The van der Waals surface area contributed by atoms with E-state index in [0.717, 1.165) is 38.2 Å². The lowest BCUT2D eigenvalue weighted by Gasteiger charge is -2.38. The summed E-state index contributed by atoms with van der Waals surface area (Å²) < 4.78 is 0. The molecular formula is C15H23ClN2O. The fraction of sp³-hybridized carbons (Fsp3) is 0.600. The second-order valence-corrected chi connectivity index (χ2v) is 5.70. The Kier molecular flexibility index (Phi) is 5.08. The third-order valence-corrected chi connectivity index (χ3v) is 4.37. The molecule has 1 aliphatic rings. The molecule has 2 N–H and O–H groups in total. The molecule has 1 unspecified atom stereocenters. The maximum atomic E-state index is 10.3. The van der Waals surface area contributed by atoms with Crippen molar-refractivity contribution in [3.8, 4) is 5.75 Å². The fourth-order valence-electron chi connectivity index (χ4n) is 2.82. The van der Waals surface area contributed by atoms with Gasteiger partial charge in [0.25, 0.3) is 0 Å². The number of phenols is 1. The highest BCUT2D eigenvalue weighted by Gasteiger charge is 2.28. The lowest BCUT2D eigenvalue weighted by atomic mass is 9.90. The highest BCUT2D eigenvalue weighted by molar-refractivity contribution is 6.32. The first-order valence-corrected chi connectivity index (χ1v) is 7.45. The van der Waals surface area contributed by atoms with Crippen LogP contribution in [0.25, 0.3) is 0 Å². The minimum atomic E-state index is 0.241. The van der Waals surface area contributed by atoms with Gasteiger partial charge in [-0.2, -0.15) is 0 Å². The SMILES string of the molecule is CCC(C)[C@H](c1cccc(Cl)c1O)N1CCNCC1.